The maximum Gasteiger partial charge on any atom is 0.337 e. The van der Waals surface area contributed by atoms with Gasteiger partial charge >= 0.3 is 5.97 Å². The van der Waals surface area contributed by atoms with Crippen molar-refractivity contribution in [2.75, 3.05) is 13.1 Å². The van der Waals surface area contributed by atoms with E-state index in [1.807, 2.05) is 23.1 Å². The van der Waals surface area contributed by atoms with Crippen molar-refractivity contribution < 1.29 is 14.7 Å². The number of carboxylic acid groups (broad SMARTS) is 1. The summed E-state index contributed by atoms with van der Waals surface area (Å²) >= 11 is 0. The molecule has 1 saturated heterocycles. The van der Waals surface area contributed by atoms with Crippen LogP contribution in [-0.4, -0.2) is 44.9 Å². The summed E-state index contributed by atoms with van der Waals surface area (Å²) in [4.78, 5) is 33.3. The van der Waals surface area contributed by atoms with Gasteiger partial charge in [0.2, 0.25) is 0 Å². The van der Waals surface area contributed by atoms with E-state index in [4.69, 9.17) is 0 Å². The Morgan fingerprint density at radius 2 is 2.00 bits per heavy atom. The zero-order valence-corrected chi connectivity index (χ0v) is 14.2. The molecule has 0 saturated carbocycles. The Kier molecular flexibility index (Phi) is 4.16. The summed E-state index contributed by atoms with van der Waals surface area (Å²) in [5, 5.41) is 9.30. The van der Waals surface area contributed by atoms with E-state index in [0.717, 1.165) is 12.8 Å². The smallest absolute Gasteiger partial charge is 0.337 e. The van der Waals surface area contributed by atoms with Crippen LogP contribution in [0.2, 0.25) is 0 Å². The third kappa shape index (κ3) is 2.94. The Balaban J connectivity index is 1.60. The third-order valence-corrected chi connectivity index (χ3v) is 4.96. The lowest BCUT2D eigenvalue weighted by Gasteiger charge is -2.32. The number of piperidine rings is 1. The number of carbonyl (C=O) groups excluding carboxylic acids is 1. The van der Waals surface area contributed by atoms with Crippen LogP contribution in [0.3, 0.4) is 0 Å². The zero-order valence-electron chi connectivity index (χ0n) is 14.2. The van der Waals surface area contributed by atoms with Crippen LogP contribution in [0.15, 0.2) is 48.7 Å². The quantitative estimate of drug-likeness (QED) is 0.760. The van der Waals surface area contributed by atoms with Gasteiger partial charge in [0.05, 0.1) is 16.6 Å². The molecule has 0 radical (unpaired) electrons. The lowest BCUT2D eigenvalue weighted by atomic mass is 9.90. The summed E-state index contributed by atoms with van der Waals surface area (Å²) in [6.45, 7) is 1.37. The molecule has 26 heavy (non-hydrogen) atoms. The number of hydrogen-bond donors (Lipinski definition) is 2. The Bertz CT molecular complexity index is 965. The first-order chi connectivity index (χ1) is 12.6. The van der Waals surface area contributed by atoms with E-state index < -0.39 is 5.97 Å². The number of H-pyrrole nitrogens is 1. The lowest BCUT2D eigenvalue weighted by molar-refractivity contribution is 0.0689. The van der Waals surface area contributed by atoms with Crippen LogP contribution in [0.1, 0.15) is 45.2 Å². The van der Waals surface area contributed by atoms with Gasteiger partial charge in [0, 0.05) is 25.2 Å². The van der Waals surface area contributed by atoms with Crippen LogP contribution in [0, 0.1) is 0 Å². The second-order valence-corrected chi connectivity index (χ2v) is 6.61. The third-order valence-electron chi connectivity index (χ3n) is 4.96. The molecular weight excluding hydrogens is 330 g/mol. The molecule has 1 unspecified atom stereocenters. The van der Waals surface area contributed by atoms with Crippen LogP contribution >= 0.6 is 0 Å². The topological polar surface area (TPSA) is 86.3 Å². The van der Waals surface area contributed by atoms with E-state index in [9.17, 15) is 14.7 Å². The summed E-state index contributed by atoms with van der Waals surface area (Å²) in [6.07, 6.45) is 3.45. The van der Waals surface area contributed by atoms with Crippen LogP contribution in [0.25, 0.3) is 11.0 Å². The number of aromatic nitrogens is 2. The molecule has 1 amide bonds. The fourth-order valence-corrected chi connectivity index (χ4v) is 3.65. The Morgan fingerprint density at radius 1 is 1.19 bits per heavy atom. The van der Waals surface area contributed by atoms with Crippen LogP contribution < -0.4 is 0 Å². The van der Waals surface area contributed by atoms with Crippen molar-refractivity contribution in [3.05, 3.63) is 65.5 Å². The summed E-state index contributed by atoms with van der Waals surface area (Å²) < 4.78 is 0. The van der Waals surface area contributed by atoms with E-state index in [-0.39, 0.29) is 11.5 Å². The average molecular weight is 349 g/mol. The van der Waals surface area contributed by atoms with E-state index in [1.54, 1.807) is 6.07 Å². The number of carboxylic acids is 1. The Hall–Kier alpha value is -3.15. The number of nitrogens with one attached hydrogen (secondary N) is 1. The zero-order chi connectivity index (χ0) is 18.1. The highest BCUT2D eigenvalue weighted by atomic mass is 16.4. The van der Waals surface area contributed by atoms with Crippen molar-refractivity contribution >= 4 is 22.9 Å². The molecule has 0 spiro atoms. The van der Waals surface area contributed by atoms with Gasteiger partial charge < -0.3 is 15.0 Å². The largest absolute Gasteiger partial charge is 0.478 e. The molecule has 2 N–H and O–H groups in total. The maximum atomic E-state index is 12.9. The first kappa shape index (κ1) is 16.3. The molecule has 3 aromatic rings. The highest BCUT2D eigenvalue weighted by molar-refractivity contribution is 6.04. The van der Waals surface area contributed by atoms with Crippen LogP contribution in [-0.2, 0) is 0 Å². The molecule has 1 aromatic carbocycles. The van der Waals surface area contributed by atoms with E-state index in [0.29, 0.717) is 35.7 Å². The molecule has 1 aliphatic heterocycles. The minimum atomic E-state index is -1.04. The molecule has 1 fully saturated rings. The Labute approximate surface area is 150 Å². The summed E-state index contributed by atoms with van der Waals surface area (Å²) in [5.74, 6) is -0.827. The SMILES string of the molecule is O=C(O)c1ccnc2cc(C(=O)N3CCCC(c4ccccc4)C3)[nH]c12. The number of pyridine rings is 1. The number of aromatic amines is 1. The van der Waals surface area contributed by atoms with Gasteiger partial charge in [0.25, 0.3) is 5.91 Å². The number of aromatic carboxylic acids is 1. The minimum Gasteiger partial charge on any atom is -0.478 e. The van der Waals surface area contributed by atoms with Gasteiger partial charge in [0.1, 0.15) is 5.69 Å². The second kappa shape index (κ2) is 6.63. The van der Waals surface area contributed by atoms with Crippen molar-refractivity contribution in [1.82, 2.24) is 14.9 Å². The molecule has 0 aliphatic carbocycles. The number of carbonyl (C=O) groups is 2. The molecule has 1 atom stereocenters. The summed E-state index contributed by atoms with van der Waals surface area (Å²) in [5.41, 5.74) is 2.63. The van der Waals surface area contributed by atoms with Gasteiger partial charge in [-0.2, -0.15) is 0 Å². The average Bonchev–Trinajstić information content (AvgIpc) is 3.12. The van der Waals surface area contributed by atoms with Gasteiger partial charge in [-0.15, -0.1) is 0 Å². The van der Waals surface area contributed by atoms with E-state index in [1.165, 1.54) is 17.8 Å². The first-order valence-electron chi connectivity index (χ1n) is 8.68. The number of amides is 1. The minimum absolute atomic E-state index is 0.111. The second-order valence-electron chi connectivity index (χ2n) is 6.61. The number of hydrogen-bond acceptors (Lipinski definition) is 3. The highest BCUT2D eigenvalue weighted by Gasteiger charge is 2.27. The molecule has 3 heterocycles. The standard InChI is InChI=1S/C20H19N3O3/c24-19(17-11-16-18(22-17)15(20(25)26)8-9-21-16)23-10-4-7-14(12-23)13-5-2-1-3-6-13/h1-3,5-6,8-9,11,14,22H,4,7,10,12H2,(H,25,26). The van der Waals surface area contributed by atoms with Crippen molar-refractivity contribution in [1.29, 1.82) is 0 Å². The molecule has 1 aliphatic rings. The van der Waals surface area contributed by atoms with Crippen LogP contribution in [0.4, 0.5) is 0 Å². The summed E-state index contributed by atoms with van der Waals surface area (Å²) in [6, 6.07) is 13.3. The molecule has 132 valence electrons. The first-order valence-corrected chi connectivity index (χ1v) is 8.68. The summed E-state index contributed by atoms with van der Waals surface area (Å²) in [7, 11) is 0. The molecule has 4 rings (SSSR count). The van der Waals surface area contributed by atoms with Crippen molar-refractivity contribution in [2.24, 2.45) is 0 Å². The van der Waals surface area contributed by atoms with Crippen molar-refractivity contribution in [3.63, 3.8) is 0 Å². The van der Waals surface area contributed by atoms with E-state index >= 15 is 0 Å². The molecule has 6 nitrogen and oxygen atoms in total. The molecule has 6 heteroatoms. The predicted molar refractivity (Wildman–Crippen MR) is 97.4 cm³/mol. The monoisotopic (exact) mass is 349 g/mol. The number of rotatable bonds is 3. The lowest BCUT2D eigenvalue weighted by Crippen LogP contribution is -2.39. The predicted octanol–water partition coefficient (Wildman–Crippen LogP) is 3.28. The van der Waals surface area contributed by atoms with Gasteiger partial charge in [-0.25, -0.2) is 4.79 Å². The maximum absolute atomic E-state index is 12.9. The van der Waals surface area contributed by atoms with Gasteiger partial charge in [-0.1, -0.05) is 30.3 Å². The number of nitrogens with zero attached hydrogens (tertiary/aromatic N) is 2. The van der Waals surface area contributed by atoms with Gasteiger partial charge in [0.15, 0.2) is 0 Å². The number of likely N-dealkylation sites (tertiary alicyclic amines) is 1. The number of benzene rings is 1. The highest BCUT2D eigenvalue weighted by Crippen LogP contribution is 2.28. The molecule has 2 aromatic heterocycles. The van der Waals surface area contributed by atoms with Crippen LogP contribution in [0.5, 0.6) is 0 Å². The van der Waals surface area contributed by atoms with E-state index in [2.05, 4.69) is 22.1 Å². The van der Waals surface area contributed by atoms with Gasteiger partial charge in [-0.05, 0) is 30.5 Å². The van der Waals surface area contributed by atoms with Crippen molar-refractivity contribution in [2.45, 2.75) is 18.8 Å². The fraction of sp³-hybridized carbons (Fsp3) is 0.250. The Morgan fingerprint density at radius 3 is 2.77 bits per heavy atom. The molecular formula is C20H19N3O3. The van der Waals surface area contributed by atoms with Gasteiger partial charge in [-0.3, -0.25) is 9.78 Å². The molecule has 0 bridgehead atoms. The normalized spacial score (nSPS) is 17.4. The number of fused-ring (bicyclic) bond motifs is 1. The van der Waals surface area contributed by atoms with Crippen molar-refractivity contribution in [3.8, 4) is 0 Å². The fourth-order valence-electron chi connectivity index (χ4n) is 3.65.